The van der Waals surface area contributed by atoms with Gasteiger partial charge in [-0.05, 0) is 75.6 Å². The summed E-state index contributed by atoms with van der Waals surface area (Å²) in [5.74, 6) is 0. The summed E-state index contributed by atoms with van der Waals surface area (Å²) in [6, 6.07) is 9.50. The van der Waals surface area contributed by atoms with Crippen LogP contribution in [0.5, 0.6) is 0 Å². The maximum atomic E-state index is 2.38. The lowest BCUT2D eigenvalue weighted by molar-refractivity contribution is 0.644. The summed E-state index contributed by atoms with van der Waals surface area (Å²) in [6.07, 6.45) is 16.3. The first-order valence-electron chi connectivity index (χ1n) is 9.05. The zero-order chi connectivity index (χ0) is 15.0. The fraction of sp³-hybridized carbons (Fsp3) is 0.600. The summed E-state index contributed by atoms with van der Waals surface area (Å²) in [5.41, 5.74) is 0. The van der Waals surface area contributed by atoms with Crippen molar-refractivity contribution in [3.05, 3.63) is 43.8 Å². The average Bonchev–Trinajstić information content (AvgIpc) is 3.15. The molecule has 0 aliphatic carbocycles. The van der Waals surface area contributed by atoms with Crippen molar-refractivity contribution in [1.82, 2.24) is 0 Å². The van der Waals surface area contributed by atoms with Crippen molar-refractivity contribution in [2.24, 2.45) is 0 Å². The van der Waals surface area contributed by atoms with E-state index in [1.165, 1.54) is 77.0 Å². The van der Waals surface area contributed by atoms with Crippen molar-refractivity contribution in [2.45, 2.75) is 77.0 Å². The van der Waals surface area contributed by atoms with E-state index in [0.717, 1.165) is 0 Å². The number of hydrogen-bond acceptors (Lipinski definition) is 2. The van der Waals surface area contributed by atoms with E-state index < -0.39 is 0 Å². The number of fused-ring (bicyclic) bond motifs is 4. The molecule has 0 N–H and O–H groups in total. The molecule has 2 heteroatoms. The van der Waals surface area contributed by atoms with E-state index in [0.29, 0.717) is 0 Å². The van der Waals surface area contributed by atoms with Gasteiger partial charge in [0.2, 0.25) is 0 Å². The lowest BCUT2D eigenvalue weighted by Gasteiger charge is -2.02. The summed E-state index contributed by atoms with van der Waals surface area (Å²) in [4.78, 5) is 6.44. The van der Waals surface area contributed by atoms with Crippen molar-refractivity contribution in [3.63, 3.8) is 0 Å². The van der Waals surface area contributed by atoms with Crippen molar-refractivity contribution in [3.8, 4) is 0 Å². The molecule has 0 fully saturated rings. The third-order valence-corrected chi connectivity index (χ3v) is 7.04. The van der Waals surface area contributed by atoms with Gasteiger partial charge in [0.25, 0.3) is 0 Å². The molecule has 3 rings (SSSR count). The van der Waals surface area contributed by atoms with Gasteiger partial charge in [0, 0.05) is 19.5 Å². The van der Waals surface area contributed by atoms with Crippen molar-refractivity contribution in [1.29, 1.82) is 0 Å². The quantitative estimate of drug-likeness (QED) is 0.497. The van der Waals surface area contributed by atoms with Gasteiger partial charge in [-0.25, -0.2) is 0 Å². The molecule has 22 heavy (non-hydrogen) atoms. The number of aryl methyl sites for hydroxylation is 4. The predicted octanol–water partition coefficient (Wildman–Crippen LogP) is 6.81. The zero-order valence-electron chi connectivity index (χ0n) is 13.6. The van der Waals surface area contributed by atoms with Crippen molar-refractivity contribution < 1.29 is 0 Å². The van der Waals surface area contributed by atoms with E-state index in [1.54, 1.807) is 19.5 Å². The van der Waals surface area contributed by atoms with Crippen LogP contribution in [0.2, 0.25) is 0 Å². The molecule has 0 spiro atoms. The standard InChI is InChI=1S/C20H28S2/c1-2-6-10-18-15-16-20(22-18)12-8-4-3-7-11-19-14-13-17(21-19)9-5-1/h13-16H,1-12H2. The smallest absolute Gasteiger partial charge is 0.00481 e. The Balaban J connectivity index is 1.53. The molecule has 4 bridgehead atoms. The average molecular weight is 333 g/mol. The Morgan fingerprint density at radius 2 is 0.682 bits per heavy atom. The Bertz CT molecular complexity index is 454. The van der Waals surface area contributed by atoms with Crippen LogP contribution in [-0.2, 0) is 25.7 Å². The molecular formula is C20H28S2. The second-order valence-electron chi connectivity index (χ2n) is 6.56. The second-order valence-corrected chi connectivity index (χ2v) is 9.07. The third kappa shape index (κ3) is 5.24. The minimum absolute atomic E-state index is 1.30. The van der Waals surface area contributed by atoms with E-state index in [4.69, 9.17) is 0 Å². The summed E-state index contributed by atoms with van der Waals surface area (Å²) < 4.78 is 0. The fourth-order valence-electron chi connectivity index (χ4n) is 3.29. The summed E-state index contributed by atoms with van der Waals surface area (Å²) in [5, 5.41) is 0. The predicted molar refractivity (Wildman–Crippen MR) is 100 cm³/mol. The lowest BCUT2D eigenvalue weighted by Crippen LogP contribution is -1.86. The highest BCUT2D eigenvalue weighted by Crippen LogP contribution is 2.24. The van der Waals surface area contributed by atoms with Gasteiger partial charge >= 0.3 is 0 Å². The van der Waals surface area contributed by atoms with Crippen LogP contribution in [0.25, 0.3) is 0 Å². The molecule has 0 saturated heterocycles. The van der Waals surface area contributed by atoms with Gasteiger partial charge in [-0.2, -0.15) is 0 Å². The van der Waals surface area contributed by atoms with Crippen molar-refractivity contribution >= 4 is 22.7 Å². The van der Waals surface area contributed by atoms with Crippen LogP contribution in [0.4, 0.5) is 0 Å². The fourth-order valence-corrected chi connectivity index (χ4v) is 5.49. The maximum Gasteiger partial charge on any atom is 0.00481 e. The molecule has 120 valence electrons. The van der Waals surface area contributed by atoms with E-state index in [9.17, 15) is 0 Å². The molecule has 0 aromatic carbocycles. The first-order valence-corrected chi connectivity index (χ1v) is 10.7. The highest BCUT2D eigenvalue weighted by atomic mass is 32.1. The van der Waals surface area contributed by atoms with E-state index in [2.05, 4.69) is 46.9 Å². The van der Waals surface area contributed by atoms with E-state index in [1.807, 2.05) is 0 Å². The van der Waals surface area contributed by atoms with Crippen LogP contribution in [0.15, 0.2) is 24.3 Å². The molecule has 0 amide bonds. The monoisotopic (exact) mass is 332 g/mol. The SMILES string of the molecule is c1cc2sc1CCCCCCc1ccc(s1)CCCCCC2. The third-order valence-electron chi connectivity index (χ3n) is 4.63. The van der Waals surface area contributed by atoms with E-state index >= 15 is 0 Å². The Kier molecular flexibility index (Phi) is 6.57. The second kappa shape index (κ2) is 8.88. The van der Waals surface area contributed by atoms with Gasteiger partial charge in [0.05, 0.1) is 0 Å². The van der Waals surface area contributed by atoms with Gasteiger partial charge in [-0.15, -0.1) is 22.7 Å². The van der Waals surface area contributed by atoms with Gasteiger partial charge in [-0.3, -0.25) is 0 Å². The highest BCUT2D eigenvalue weighted by Gasteiger charge is 2.04. The zero-order valence-corrected chi connectivity index (χ0v) is 15.2. The lowest BCUT2D eigenvalue weighted by atomic mass is 10.1. The van der Waals surface area contributed by atoms with Crippen LogP contribution in [-0.4, -0.2) is 0 Å². The first-order chi connectivity index (χ1) is 10.9. The van der Waals surface area contributed by atoms with Gasteiger partial charge in [0.1, 0.15) is 0 Å². The molecule has 1 aliphatic rings. The van der Waals surface area contributed by atoms with Gasteiger partial charge in [-0.1, -0.05) is 25.7 Å². The Morgan fingerprint density at radius 1 is 0.409 bits per heavy atom. The van der Waals surface area contributed by atoms with Crippen LogP contribution >= 0.6 is 22.7 Å². The Labute approximate surface area is 143 Å². The largest absolute Gasteiger partial charge is 0.145 e. The highest BCUT2D eigenvalue weighted by molar-refractivity contribution is 7.12. The minimum Gasteiger partial charge on any atom is -0.145 e. The van der Waals surface area contributed by atoms with Gasteiger partial charge in [0.15, 0.2) is 0 Å². The van der Waals surface area contributed by atoms with E-state index in [-0.39, 0.29) is 0 Å². The van der Waals surface area contributed by atoms with Crippen LogP contribution in [0, 0.1) is 0 Å². The number of rotatable bonds is 0. The summed E-state index contributed by atoms with van der Waals surface area (Å²) in [7, 11) is 0. The van der Waals surface area contributed by atoms with Crippen molar-refractivity contribution in [2.75, 3.05) is 0 Å². The molecule has 0 atom stereocenters. The van der Waals surface area contributed by atoms with Crippen LogP contribution < -0.4 is 0 Å². The summed E-state index contributed by atoms with van der Waals surface area (Å²) in [6.45, 7) is 0. The molecule has 3 heterocycles. The molecule has 0 saturated carbocycles. The molecular weight excluding hydrogens is 304 g/mol. The van der Waals surface area contributed by atoms with Gasteiger partial charge < -0.3 is 0 Å². The molecule has 0 unspecified atom stereocenters. The molecule has 1 aliphatic heterocycles. The Hall–Kier alpha value is -0.600. The first kappa shape index (κ1) is 16.3. The number of thiophene rings is 2. The topological polar surface area (TPSA) is 0 Å². The maximum absolute atomic E-state index is 2.38. The normalized spacial score (nSPS) is 18.5. The molecule has 0 nitrogen and oxygen atoms in total. The van der Waals surface area contributed by atoms with Crippen LogP contribution in [0.3, 0.4) is 0 Å². The minimum atomic E-state index is 1.30. The number of hydrogen-bond donors (Lipinski definition) is 0. The Morgan fingerprint density at radius 3 is 0.955 bits per heavy atom. The van der Waals surface area contributed by atoms with Crippen LogP contribution in [0.1, 0.15) is 70.9 Å². The summed E-state index contributed by atoms with van der Waals surface area (Å²) >= 11 is 4.13. The molecule has 2 aromatic rings. The molecule has 0 radical (unpaired) electrons. The molecule has 2 aromatic heterocycles.